The number of fused-ring (bicyclic) bond motifs is 1. The Balaban J connectivity index is 1.71. The van der Waals surface area contributed by atoms with Gasteiger partial charge in [-0.05, 0) is 86.3 Å². The fourth-order valence-electron chi connectivity index (χ4n) is 5.02. The number of methoxy groups -OCH3 is 1. The van der Waals surface area contributed by atoms with Gasteiger partial charge in [0.05, 0.1) is 24.2 Å². The van der Waals surface area contributed by atoms with Crippen LogP contribution in [0.5, 0.6) is 5.75 Å². The normalized spacial score (nSPS) is 11.7. The lowest BCUT2D eigenvalue weighted by Gasteiger charge is -2.17. The maximum Gasteiger partial charge on any atom is 0.282 e. The largest absolute Gasteiger partial charge is 0.496 e. The average Bonchev–Trinajstić information content (AvgIpc) is 3.20. The topological polar surface area (TPSA) is 61.4 Å². The molecule has 3 aromatic carbocycles. The number of halogens is 1. The highest BCUT2D eigenvalue weighted by molar-refractivity contribution is 6.30. The molecule has 0 unspecified atom stereocenters. The number of aryl methyl sites for hydroxylation is 2. The Bertz CT molecular complexity index is 1800. The van der Waals surface area contributed by atoms with Crippen LogP contribution >= 0.6 is 11.6 Å². The van der Waals surface area contributed by atoms with Crippen LogP contribution in [0.25, 0.3) is 28.0 Å². The summed E-state index contributed by atoms with van der Waals surface area (Å²) in [6.45, 7) is 10.3. The van der Waals surface area contributed by atoms with E-state index in [1.54, 1.807) is 19.4 Å². The molecule has 0 spiro atoms. The van der Waals surface area contributed by atoms with Crippen molar-refractivity contribution in [3.63, 3.8) is 0 Å². The monoisotopic (exact) mass is 538 g/mol. The molecule has 39 heavy (non-hydrogen) atoms. The van der Waals surface area contributed by atoms with Gasteiger partial charge in [0.15, 0.2) is 5.82 Å². The number of ether oxygens (including phenoxy) is 1. The molecule has 0 saturated carbocycles. The Morgan fingerprint density at radius 3 is 2.49 bits per heavy atom. The molecule has 0 saturated heterocycles. The van der Waals surface area contributed by atoms with Gasteiger partial charge in [-0.3, -0.25) is 4.79 Å². The lowest BCUT2D eigenvalue weighted by atomic mass is 9.96. The Labute approximate surface area is 233 Å². The quantitative estimate of drug-likeness (QED) is 0.211. The lowest BCUT2D eigenvalue weighted by Crippen LogP contribution is -2.21. The van der Waals surface area contributed by atoms with Crippen molar-refractivity contribution in [3.8, 4) is 22.8 Å². The molecule has 0 N–H and O–H groups in total. The second kappa shape index (κ2) is 10.5. The van der Waals surface area contributed by atoms with E-state index >= 15 is 0 Å². The van der Waals surface area contributed by atoms with Gasteiger partial charge in [-0.2, -0.15) is 9.78 Å². The Kier molecular flexibility index (Phi) is 7.15. The minimum atomic E-state index is -0.225. The molecule has 2 heterocycles. The molecule has 2 aromatic heterocycles. The standard InChI is InChI=1S/C32H31ClN4O2/c1-19(2)27-17-28(20(3)14-30(27)39-6)31-35-29-13-8-7-12-26(29)32(38)37(31)34-18-23-15-21(4)36(22(23)5)25-11-9-10-24(33)16-25/h7-19H,1-6H3. The van der Waals surface area contributed by atoms with Gasteiger partial charge < -0.3 is 9.30 Å². The number of benzene rings is 3. The van der Waals surface area contributed by atoms with Crippen LogP contribution < -0.4 is 10.3 Å². The van der Waals surface area contributed by atoms with Gasteiger partial charge in [0.25, 0.3) is 5.56 Å². The molecule has 0 radical (unpaired) electrons. The van der Waals surface area contributed by atoms with Crippen LogP contribution in [0, 0.1) is 20.8 Å². The molecule has 0 bridgehead atoms. The summed E-state index contributed by atoms with van der Waals surface area (Å²) in [5.74, 6) is 1.53. The highest BCUT2D eigenvalue weighted by atomic mass is 35.5. The van der Waals surface area contributed by atoms with E-state index in [0.717, 1.165) is 45.1 Å². The third kappa shape index (κ3) is 4.88. The molecule has 5 aromatic rings. The highest BCUT2D eigenvalue weighted by Gasteiger charge is 2.19. The van der Waals surface area contributed by atoms with E-state index in [9.17, 15) is 4.79 Å². The minimum Gasteiger partial charge on any atom is -0.496 e. The number of aromatic nitrogens is 3. The Morgan fingerprint density at radius 1 is 1.00 bits per heavy atom. The van der Waals surface area contributed by atoms with E-state index in [2.05, 4.69) is 30.5 Å². The molecular weight excluding hydrogens is 508 g/mol. The molecule has 6 nitrogen and oxygen atoms in total. The van der Waals surface area contributed by atoms with Crippen molar-refractivity contribution in [2.45, 2.75) is 40.5 Å². The van der Waals surface area contributed by atoms with E-state index in [-0.39, 0.29) is 11.5 Å². The third-order valence-electron chi connectivity index (χ3n) is 7.04. The van der Waals surface area contributed by atoms with Crippen molar-refractivity contribution < 1.29 is 4.74 Å². The average molecular weight is 539 g/mol. The van der Waals surface area contributed by atoms with Crippen LogP contribution in [0.4, 0.5) is 0 Å². The van der Waals surface area contributed by atoms with Gasteiger partial charge in [-0.25, -0.2) is 4.98 Å². The summed E-state index contributed by atoms with van der Waals surface area (Å²) in [4.78, 5) is 18.7. The van der Waals surface area contributed by atoms with E-state index in [4.69, 9.17) is 26.4 Å². The second-order valence-electron chi connectivity index (χ2n) is 10.0. The molecule has 0 amide bonds. The zero-order valence-corrected chi connectivity index (χ0v) is 23.7. The van der Waals surface area contributed by atoms with Crippen molar-refractivity contribution in [2.75, 3.05) is 7.11 Å². The first-order chi connectivity index (χ1) is 18.7. The van der Waals surface area contributed by atoms with E-state index in [0.29, 0.717) is 21.7 Å². The van der Waals surface area contributed by atoms with Crippen LogP contribution in [0.2, 0.25) is 5.02 Å². The zero-order chi connectivity index (χ0) is 27.8. The second-order valence-corrected chi connectivity index (χ2v) is 10.5. The molecule has 0 fully saturated rings. The zero-order valence-electron chi connectivity index (χ0n) is 23.0. The van der Waals surface area contributed by atoms with Crippen LogP contribution in [0.15, 0.2) is 76.6 Å². The van der Waals surface area contributed by atoms with Crippen LogP contribution in [-0.2, 0) is 0 Å². The maximum atomic E-state index is 13.8. The van der Waals surface area contributed by atoms with Crippen molar-refractivity contribution in [3.05, 3.63) is 110 Å². The summed E-state index contributed by atoms with van der Waals surface area (Å²) in [6.07, 6.45) is 1.73. The Morgan fingerprint density at radius 2 is 1.77 bits per heavy atom. The molecule has 0 aliphatic heterocycles. The SMILES string of the molecule is COc1cc(C)c(-c2nc3ccccc3c(=O)n2N=Cc2cc(C)n(-c3cccc(Cl)c3)c2C)cc1C(C)C. The van der Waals surface area contributed by atoms with Gasteiger partial charge >= 0.3 is 0 Å². The highest BCUT2D eigenvalue weighted by Crippen LogP contribution is 2.34. The van der Waals surface area contributed by atoms with E-state index in [1.807, 2.05) is 69.3 Å². The summed E-state index contributed by atoms with van der Waals surface area (Å²) >= 11 is 6.26. The molecule has 198 valence electrons. The summed E-state index contributed by atoms with van der Waals surface area (Å²) < 4.78 is 9.18. The van der Waals surface area contributed by atoms with Crippen LogP contribution in [0.1, 0.15) is 47.8 Å². The molecule has 5 rings (SSSR count). The van der Waals surface area contributed by atoms with Gasteiger partial charge in [-0.1, -0.05) is 43.6 Å². The predicted octanol–water partition coefficient (Wildman–Crippen LogP) is 7.45. The van der Waals surface area contributed by atoms with Gasteiger partial charge in [0.1, 0.15) is 5.75 Å². The number of rotatable bonds is 6. The van der Waals surface area contributed by atoms with E-state index in [1.165, 1.54) is 4.68 Å². The molecule has 0 atom stereocenters. The maximum absolute atomic E-state index is 13.8. The van der Waals surface area contributed by atoms with Crippen LogP contribution in [-0.4, -0.2) is 27.6 Å². The molecule has 0 aliphatic carbocycles. The number of nitrogens with zero attached hydrogens (tertiary/aromatic N) is 4. The van der Waals surface area contributed by atoms with Crippen molar-refractivity contribution >= 4 is 28.7 Å². The molecular formula is C32H31ClN4O2. The van der Waals surface area contributed by atoms with E-state index < -0.39 is 0 Å². The number of hydrogen-bond donors (Lipinski definition) is 0. The summed E-state index contributed by atoms with van der Waals surface area (Å²) in [6, 6.07) is 21.2. The summed E-state index contributed by atoms with van der Waals surface area (Å²) in [7, 11) is 1.68. The van der Waals surface area contributed by atoms with Crippen molar-refractivity contribution in [2.24, 2.45) is 5.10 Å². The molecule has 0 aliphatic rings. The summed E-state index contributed by atoms with van der Waals surface area (Å²) in [5.41, 5.74) is 7.12. The molecule has 7 heteroatoms. The first-order valence-corrected chi connectivity index (χ1v) is 13.3. The first kappa shape index (κ1) is 26.4. The van der Waals surface area contributed by atoms with Gasteiger partial charge in [0, 0.05) is 33.2 Å². The van der Waals surface area contributed by atoms with Crippen molar-refractivity contribution in [1.82, 2.24) is 14.2 Å². The van der Waals surface area contributed by atoms with Crippen molar-refractivity contribution in [1.29, 1.82) is 0 Å². The smallest absolute Gasteiger partial charge is 0.282 e. The van der Waals surface area contributed by atoms with Gasteiger partial charge in [-0.15, -0.1) is 0 Å². The minimum absolute atomic E-state index is 0.223. The fraction of sp³-hybridized carbons (Fsp3) is 0.219. The third-order valence-corrected chi connectivity index (χ3v) is 7.28. The summed E-state index contributed by atoms with van der Waals surface area (Å²) in [5, 5.41) is 5.92. The predicted molar refractivity (Wildman–Crippen MR) is 160 cm³/mol. The number of hydrogen-bond acceptors (Lipinski definition) is 4. The first-order valence-electron chi connectivity index (χ1n) is 12.9. The fourth-order valence-corrected chi connectivity index (χ4v) is 5.21. The van der Waals surface area contributed by atoms with Crippen LogP contribution in [0.3, 0.4) is 0 Å². The lowest BCUT2D eigenvalue weighted by molar-refractivity contribution is 0.407. The Hall–Kier alpha value is -4.16. The van der Waals surface area contributed by atoms with Gasteiger partial charge in [0.2, 0.25) is 0 Å². The number of para-hydroxylation sites is 1.